The minimum atomic E-state index is -0.791. The molecule has 1 N–H and O–H groups in total. The van der Waals surface area contributed by atoms with Crippen LogP contribution in [0.5, 0.6) is 5.75 Å². The van der Waals surface area contributed by atoms with E-state index in [9.17, 15) is 9.59 Å². The van der Waals surface area contributed by atoms with E-state index < -0.39 is 23.7 Å². The van der Waals surface area contributed by atoms with Gasteiger partial charge in [0, 0.05) is 24.9 Å². The Morgan fingerprint density at radius 3 is 2.62 bits per heavy atom. The number of nitrogens with one attached hydrogen (secondary N) is 1. The van der Waals surface area contributed by atoms with Crippen molar-refractivity contribution >= 4 is 17.4 Å². The number of carbonyl (C=O) groups excluding carboxylic acids is 2. The van der Waals surface area contributed by atoms with Gasteiger partial charge in [0.25, 0.3) is 0 Å². The standard InChI is InChI=1S/C19H25NO6/c1-3-24-18(22)17(20-13-4-6-14(23-2)7-5-13)15-12-19(9-8-16(15)21)25-10-11-26-19/h4-7,15,17,20H,3,8-12H2,1-2H3/t15-,17+/m0/s1. The third kappa shape index (κ3) is 3.99. The van der Waals surface area contributed by atoms with E-state index in [1.54, 1.807) is 38.3 Å². The topological polar surface area (TPSA) is 83.1 Å². The normalized spacial score (nSPS) is 22.8. The molecule has 1 saturated heterocycles. The van der Waals surface area contributed by atoms with Crippen molar-refractivity contribution < 1.29 is 28.5 Å². The van der Waals surface area contributed by atoms with Crippen LogP contribution in [0.15, 0.2) is 24.3 Å². The number of benzene rings is 1. The summed E-state index contributed by atoms with van der Waals surface area (Å²) < 4.78 is 21.9. The summed E-state index contributed by atoms with van der Waals surface area (Å²) in [4.78, 5) is 25.2. The van der Waals surface area contributed by atoms with Crippen molar-refractivity contribution in [2.45, 2.75) is 38.0 Å². The Morgan fingerprint density at radius 1 is 1.31 bits per heavy atom. The van der Waals surface area contributed by atoms with Crippen LogP contribution in [0.4, 0.5) is 5.69 Å². The Hall–Kier alpha value is -2.12. The SMILES string of the molecule is CCOC(=O)[C@H](Nc1ccc(OC)cc1)[C@H]1CC2(CCC1=O)OCCO2. The average molecular weight is 363 g/mol. The van der Waals surface area contributed by atoms with Crippen LogP contribution in [0, 0.1) is 5.92 Å². The van der Waals surface area contributed by atoms with E-state index in [1.165, 1.54) is 0 Å². The predicted octanol–water partition coefficient (Wildman–Crippen LogP) is 2.15. The van der Waals surface area contributed by atoms with Crippen molar-refractivity contribution in [2.24, 2.45) is 5.92 Å². The summed E-state index contributed by atoms with van der Waals surface area (Å²) in [6.45, 7) is 3.02. The van der Waals surface area contributed by atoms with Gasteiger partial charge in [0.15, 0.2) is 5.79 Å². The first-order valence-electron chi connectivity index (χ1n) is 8.95. The van der Waals surface area contributed by atoms with Gasteiger partial charge >= 0.3 is 5.97 Å². The van der Waals surface area contributed by atoms with Crippen LogP contribution in [-0.2, 0) is 23.8 Å². The molecule has 0 unspecified atom stereocenters. The van der Waals surface area contributed by atoms with Crippen molar-refractivity contribution in [1.29, 1.82) is 0 Å². The summed E-state index contributed by atoms with van der Waals surface area (Å²) in [5.41, 5.74) is 0.713. The number of anilines is 1. The van der Waals surface area contributed by atoms with Gasteiger partial charge in [-0.15, -0.1) is 0 Å². The van der Waals surface area contributed by atoms with E-state index in [0.717, 1.165) is 0 Å². The summed E-state index contributed by atoms with van der Waals surface area (Å²) in [7, 11) is 1.59. The lowest BCUT2D eigenvalue weighted by Gasteiger charge is -2.38. The maximum absolute atomic E-state index is 12.6. The van der Waals surface area contributed by atoms with E-state index in [-0.39, 0.29) is 12.4 Å². The second-order valence-electron chi connectivity index (χ2n) is 6.49. The number of esters is 1. The highest BCUT2D eigenvalue weighted by atomic mass is 16.7. The lowest BCUT2D eigenvalue weighted by Crippen LogP contribution is -2.50. The fourth-order valence-corrected chi connectivity index (χ4v) is 3.54. The molecule has 0 amide bonds. The first kappa shape index (κ1) is 18.7. The van der Waals surface area contributed by atoms with E-state index in [2.05, 4.69) is 5.32 Å². The summed E-state index contributed by atoms with van der Waals surface area (Å²) in [5.74, 6) is -1.04. The molecule has 3 rings (SSSR count). The second-order valence-corrected chi connectivity index (χ2v) is 6.49. The maximum atomic E-state index is 12.6. The van der Waals surface area contributed by atoms with Crippen molar-refractivity contribution in [1.82, 2.24) is 0 Å². The van der Waals surface area contributed by atoms with Crippen LogP contribution in [0.3, 0.4) is 0 Å². The highest BCUT2D eigenvalue weighted by Crippen LogP contribution is 2.39. The molecule has 26 heavy (non-hydrogen) atoms. The van der Waals surface area contributed by atoms with E-state index in [4.69, 9.17) is 18.9 Å². The fraction of sp³-hybridized carbons (Fsp3) is 0.579. The molecule has 1 aliphatic heterocycles. The Kier molecular flexibility index (Phi) is 5.78. The molecule has 1 aromatic rings. The largest absolute Gasteiger partial charge is 0.497 e. The first-order valence-corrected chi connectivity index (χ1v) is 8.95. The molecule has 7 nitrogen and oxygen atoms in total. The zero-order valence-corrected chi connectivity index (χ0v) is 15.2. The van der Waals surface area contributed by atoms with Crippen molar-refractivity contribution in [2.75, 3.05) is 32.2 Å². The summed E-state index contributed by atoms with van der Waals surface area (Å²) >= 11 is 0. The number of Topliss-reactive ketones (excluding diaryl/α,β-unsaturated/α-hetero) is 1. The number of ketones is 1. The third-order valence-electron chi connectivity index (χ3n) is 4.87. The van der Waals surface area contributed by atoms with Crippen LogP contribution in [0.1, 0.15) is 26.2 Å². The highest BCUT2D eigenvalue weighted by molar-refractivity contribution is 5.91. The molecule has 0 radical (unpaired) electrons. The van der Waals surface area contributed by atoms with Crippen molar-refractivity contribution in [3.8, 4) is 5.75 Å². The smallest absolute Gasteiger partial charge is 0.329 e. The molecule has 2 aliphatic rings. The number of methoxy groups -OCH3 is 1. The van der Waals surface area contributed by atoms with Crippen molar-refractivity contribution in [3.05, 3.63) is 24.3 Å². The fourth-order valence-electron chi connectivity index (χ4n) is 3.54. The minimum Gasteiger partial charge on any atom is -0.497 e. The average Bonchev–Trinajstić information content (AvgIpc) is 3.11. The zero-order valence-electron chi connectivity index (χ0n) is 15.2. The molecule has 1 heterocycles. The zero-order chi connectivity index (χ0) is 18.6. The summed E-state index contributed by atoms with van der Waals surface area (Å²) in [5, 5.41) is 3.16. The lowest BCUT2D eigenvalue weighted by molar-refractivity contribution is -0.191. The molecule has 142 valence electrons. The predicted molar refractivity (Wildman–Crippen MR) is 94.0 cm³/mol. The molecule has 7 heteroatoms. The monoisotopic (exact) mass is 363 g/mol. The molecule has 2 fully saturated rings. The van der Waals surface area contributed by atoms with Gasteiger partial charge < -0.3 is 24.3 Å². The molecule has 1 aromatic carbocycles. The molecular weight excluding hydrogens is 338 g/mol. The number of hydrogen-bond donors (Lipinski definition) is 1. The number of ether oxygens (including phenoxy) is 4. The van der Waals surface area contributed by atoms with Gasteiger partial charge in [-0.3, -0.25) is 4.79 Å². The molecular formula is C19H25NO6. The maximum Gasteiger partial charge on any atom is 0.329 e. The first-order chi connectivity index (χ1) is 12.6. The molecule has 1 saturated carbocycles. The highest BCUT2D eigenvalue weighted by Gasteiger charge is 2.49. The van der Waals surface area contributed by atoms with E-state index in [1.807, 2.05) is 0 Å². The van der Waals surface area contributed by atoms with Gasteiger partial charge in [0.05, 0.1) is 32.8 Å². The van der Waals surface area contributed by atoms with Crippen LogP contribution in [0.2, 0.25) is 0 Å². The number of rotatable bonds is 6. The molecule has 0 bridgehead atoms. The Labute approximate surface area is 152 Å². The Bertz CT molecular complexity index is 638. The molecule has 2 atom stereocenters. The number of hydrogen-bond acceptors (Lipinski definition) is 7. The van der Waals surface area contributed by atoms with Crippen LogP contribution in [0.25, 0.3) is 0 Å². The van der Waals surface area contributed by atoms with Gasteiger partial charge in [-0.25, -0.2) is 4.79 Å². The van der Waals surface area contributed by atoms with E-state index >= 15 is 0 Å². The second kappa shape index (κ2) is 8.05. The lowest BCUT2D eigenvalue weighted by atomic mass is 9.79. The summed E-state index contributed by atoms with van der Waals surface area (Å²) in [6, 6.07) is 6.39. The molecule has 1 spiro atoms. The Morgan fingerprint density at radius 2 is 2.00 bits per heavy atom. The Balaban J connectivity index is 1.81. The van der Waals surface area contributed by atoms with Gasteiger partial charge in [0.1, 0.15) is 17.6 Å². The van der Waals surface area contributed by atoms with Crippen molar-refractivity contribution in [3.63, 3.8) is 0 Å². The molecule has 1 aliphatic carbocycles. The van der Waals surface area contributed by atoms with Gasteiger partial charge in [-0.1, -0.05) is 0 Å². The third-order valence-corrected chi connectivity index (χ3v) is 4.87. The van der Waals surface area contributed by atoms with Gasteiger partial charge in [0.2, 0.25) is 0 Å². The van der Waals surface area contributed by atoms with E-state index in [0.29, 0.717) is 43.9 Å². The molecule has 0 aromatic heterocycles. The van der Waals surface area contributed by atoms with Crippen LogP contribution >= 0.6 is 0 Å². The van der Waals surface area contributed by atoms with Crippen LogP contribution in [-0.4, -0.2) is 50.5 Å². The minimum absolute atomic E-state index is 0.0220. The van der Waals surface area contributed by atoms with Crippen LogP contribution < -0.4 is 10.1 Å². The number of carbonyl (C=O) groups is 2. The quantitative estimate of drug-likeness (QED) is 0.775. The van der Waals surface area contributed by atoms with Gasteiger partial charge in [-0.2, -0.15) is 0 Å². The van der Waals surface area contributed by atoms with Gasteiger partial charge in [-0.05, 0) is 31.2 Å². The summed E-state index contributed by atoms with van der Waals surface area (Å²) in [6.07, 6.45) is 1.20.